The molecule has 0 bridgehead atoms. The lowest BCUT2D eigenvalue weighted by Crippen LogP contribution is -2.48. The average molecular weight is 396 g/mol. The third kappa shape index (κ3) is 4.92. The molecule has 2 amide bonds. The zero-order chi connectivity index (χ0) is 21.0. The van der Waals surface area contributed by atoms with Gasteiger partial charge in [-0.3, -0.25) is 19.5 Å². The Balaban J connectivity index is 1.58. The molecule has 7 nitrogen and oxygen atoms in total. The number of aromatic nitrogens is 1. The molecule has 2 heterocycles. The van der Waals surface area contributed by atoms with Crippen LogP contribution in [-0.2, 0) is 11.3 Å². The van der Waals surface area contributed by atoms with Crippen LogP contribution in [0.25, 0.3) is 0 Å². The summed E-state index contributed by atoms with van der Waals surface area (Å²) in [4.78, 5) is 32.6. The van der Waals surface area contributed by atoms with E-state index in [4.69, 9.17) is 4.74 Å². The summed E-state index contributed by atoms with van der Waals surface area (Å²) in [6.07, 6.45) is 1.85. The minimum absolute atomic E-state index is 0.0188. The van der Waals surface area contributed by atoms with Gasteiger partial charge in [-0.15, -0.1) is 0 Å². The maximum absolute atomic E-state index is 12.8. The second-order valence-corrected chi connectivity index (χ2v) is 7.37. The van der Waals surface area contributed by atoms with Crippen LogP contribution >= 0.6 is 0 Å². The number of aryl methyl sites for hydroxylation is 1. The van der Waals surface area contributed by atoms with Gasteiger partial charge >= 0.3 is 0 Å². The molecule has 0 radical (unpaired) electrons. The van der Waals surface area contributed by atoms with E-state index in [2.05, 4.69) is 15.2 Å². The highest BCUT2D eigenvalue weighted by atomic mass is 16.5. The number of rotatable bonds is 5. The Hall–Kier alpha value is -2.93. The maximum Gasteiger partial charge on any atom is 0.253 e. The van der Waals surface area contributed by atoms with Gasteiger partial charge < -0.3 is 15.0 Å². The van der Waals surface area contributed by atoms with Crippen LogP contribution in [0.15, 0.2) is 30.5 Å². The highest BCUT2D eigenvalue weighted by molar-refractivity contribution is 5.95. The summed E-state index contributed by atoms with van der Waals surface area (Å²) >= 11 is 0. The molecule has 0 unspecified atom stereocenters. The predicted octanol–water partition coefficient (Wildman–Crippen LogP) is 2.62. The van der Waals surface area contributed by atoms with E-state index in [0.717, 1.165) is 42.2 Å². The Labute approximate surface area is 171 Å². The molecule has 0 atom stereocenters. The van der Waals surface area contributed by atoms with Crippen molar-refractivity contribution in [2.45, 2.75) is 27.3 Å². The zero-order valence-electron chi connectivity index (χ0n) is 17.5. The summed E-state index contributed by atoms with van der Waals surface area (Å²) in [6, 6.07) is 7.02. The van der Waals surface area contributed by atoms with Gasteiger partial charge in [0.1, 0.15) is 5.75 Å². The number of carbonyl (C=O) groups is 2. The van der Waals surface area contributed by atoms with Gasteiger partial charge in [0.15, 0.2) is 0 Å². The molecule has 29 heavy (non-hydrogen) atoms. The van der Waals surface area contributed by atoms with E-state index in [1.54, 1.807) is 31.4 Å². The first kappa shape index (κ1) is 20.8. The van der Waals surface area contributed by atoms with Gasteiger partial charge in [-0.25, -0.2) is 0 Å². The van der Waals surface area contributed by atoms with Gasteiger partial charge in [0, 0.05) is 68.2 Å². The second-order valence-electron chi connectivity index (χ2n) is 7.37. The Morgan fingerprint density at radius 2 is 1.76 bits per heavy atom. The lowest BCUT2D eigenvalue weighted by atomic mass is 10.1. The number of piperazine rings is 1. The van der Waals surface area contributed by atoms with Crippen molar-refractivity contribution in [3.63, 3.8) is 0 Å². The molecule has 0 aliphatic carbocycles. The summed E-state index contributed by atoms with van der Waals surface area (Å²) in [6.45, 7) is 9.19. The van der Waals surface area contributed by atoms with Crippen molar-refractivity contribution in [3.05, 3.63) is 52.8 Å². The van der Waals surface area contributed by atoms with E-state index >= 15 is 0 Å². The van der Waals surface area contributed by atoms with Gasteiger partial charge in [-0.2, -0.15) is 0 Å². The van der Waals surface area contributed by atoms with Crippen molar-refractivity contribution < 1.29 is 14.3 Å². The van der Waals surface area contributed by atoms with E-state index < -0.39 is 0 Å². The summed E-state index contributed by atoms with van der Waals surface area (Å²) < 4.78 is 5.50. The Morgan fingerprint density at radius 3 is 2.34 bits per heavy atom. The predicted molar refractivity (Wildman–Crippen MR) is 112 cm³/mol. The van der Waals surface area contributed by atoms with Crippen LogP contribution in [0.3, 0.4) is 0 Å². The molecule has 1 fully saturated rings. The number of hydrogen-bond donors (Lipinski definition) is 1. The Kier molecular flexibility index (Phi) is 6.49. The quantitative estimate of drug-likeness (QED) is 0.841. The SMILES string of the molecule is COc1c(C)cnc(CN2CCN(C(=O)c3ccc(NC(C)=O)cc3)CC2)c1C. The van der Waals surface area contributed by atoms with Crippen LogP contribution in [0.5, 0.6) is 5.75 Å². The molecular weight excluding hydrogens is 368 g/mol. The third-order valence-corrected chi connectivity index (χ3v) is 5.23. The molecule has 1 saturated heterocycles. The van der Waals surface area contributed by atoms with Crippen LogP contribution < -0.4 is 10.1 Å². The smallest absolute Gasteiger partial charge is 0.253 e. The van der Waals surface area contributed by atoms with Crippen LogP contribution in [0.4, 0.5) is 5.69 Å². The summed E-state index contributed by atoms with van der Waals surface area (Å²) in [7, 11) is 1.69. The average Bonchev–Trinajstić information content (AvgIpc) is 2.71. The number of methoxy groups -OCH3 is 1. The number of pyridine rings is 1. The standard InChI is InChI=1S/C22H28N4O3/c1-15-13-23-20(16(2)21(15)29-4)14-25-9-11-26(12-10-25)22(28)18-5-7-19(8-6-18)24-17(3)27/h5-8,13H,9-12,14H2,1-4H3,(H,24,27). The number of ether oxygens (including phenoxy) is 1. The van der Waals surface area contributed by atoms with Crippen molar-refractivity contribution in [2.24, 2.45) is 0 Å². The maximum atomic E-state index is 12.8. The molecule has 1 aromatic heterocycles. The highest BCUT2D eigenvalue weighted by Crippen LogP contribution is 2.25. The van der Waals surface area contributed by atoms with Crippen molar-refractivity contribution >= 4 is 17.5 Å². The second kappa shape index (κ2) is 9.05. The van der Waals surface area contributed by atoms with E-state index in [1.807, 2.05) is 24.9 Å². The molecular formula is C22H28N4O3. The van der Waals surface area contributed by atoms with Gasteiger partial charge in [0.05, 0.1) is 12.8 Å². The van der Waals surface area contributed by atoms with Gasteiger partial charge in [0.25, 0.3) is 5.91 Å². The van der Waals surface area contributed by atoms with Crippen LogP contribution in [0.1, 0.15) is 34.1 Å². The van der Waals surface area contributed by atoms with E-state index in [0.29, 0.717) is 24.3 Å². The lowest BCUT2D eigenvalue weighted by Gasteiger charge is -2.35. The largest absolute Gasteiger partial charge is 0.496 e. The minimum Gasteiger partial charge on any atom is -0.496 e. The van der Waals surface area contributed by atoms with Gasteiger partial charge in [-0.05, 0) is 38.1 Å². The molecule has 1 aromatic carbocycles. The Bertz CT molecular complexity index is 888. The molecule has 3 rings (SSSR count). The molecule has 2 aromatic rings. The molecule has 1 N–H and O–H groups in total. The number of anilines is 1. The molecule has 0 saturated carbocycles. The number of hydrogen-bond acceptors (Lipinski definition) is 5. The van der Waals surface area contributed by atoms with Crippen LogP contribution in [0, 0.1) is 13.8 Å². The van der Waals surface area contributed by atoms with Gasteiger partial charge in [0.2, 0.25) is 5.91 Å². The molecule has 1 aliphatic rings. The van der Waals surface area contributed by atoms with Gasteiger partial charge in [-0.1, -0.05) is 0 Å². The van der Waals surface area contributed by atoms with Crippen LogP contribution in [-0.4, -0.2) is 59.9 Å². The summed E-state index contributed by atoms with van der Waals surface area (Å²) in [5.41, 5.74) is 4.45. The molecule has 154 valence electrons. The number of amides is 2. The number of nitrogens with zero attached hydrogens (tertiary/aromatic N) is 3. The van der Waals surface area contributed by atoms with E-state index in [9.17, 15) is 9.59 Å². The summed E-state index contributed by atoms with van der Waals surface area (Å²) in [5, 5.41) is 2.71. The fourth-order valence-corrected chi connectivity index (χ4v) is 3.63. The van der Waals surface area contributed by atoms with E-state index in [-0.39, 0.29) is 11.8 Å². The zero-order valence-corrected chi connectivity index (χ0v) is 17.5. The fraction of sp³-hybridized carbons (Fsp3) is 0.409. The van der Waals surface area contributed by atoms with Crippen LogP contribution in [0.2, 0.25) is 0 Å². The van der Waals surface area contributed by atoms with Crippen molar-refractivity contribution in [3.8, 4) is 5.75 Å². The first-order valence-corrected chi connectivity index (χ1v) is 9.77. The van der Waals surface area contributed by atoms with Crippen molar-refractivity contribution in [1.29, 1.82) is 0 Å². The van der Waals surface area contributed by atoms with E-state index in [1.165, 1.54) is 6.92 Å². The minimum atomic E-state index is -0.129. The Morgan fingerprint density at radius 1 is 1.10 bits per heavy atom. The lowest BCUT2D eigenvalue weighted by molar-refractivity contribution is -0.114. The topological polar surface area (TPSA) is 74.8 Å². The summed E-state index contributed by atoms with van der Waals surface area (Å²) in [5.74, 6) is 0.785. The molecule has 1 aliphatic heterocycles. The monoisotopic (exact) mass is 396 g/mol. The van der Waals surface area contributed by atoms with Crippen molar-refractivity contribution in [2.75, 3.05) is 38.6 Å². The first-order chi connectivity index (χ1) is 13.9. The first-order valence-electron chi connectivity index (χ1n) is 9.77. The van der Waals surface area contributed by atoms with Crippen molar-refractivity contribution in [1.82, 2.24) is 14.8 Å². The number of carbonyl (C=O) groups excluding carboxylic acids is 2. The number of benzene rings is 1. The normalized spacial score (nSPS) is 14.6. The number of nitrogens with one attached hydrogen (secondary N) is 1. The highest BCUT2D eigenvalue weighted by Gasteiger charge is 2.23. The molecule has 0 spiro atoms. The third-order valence-electron chi connectivity index (χ3n) is 5.23. The molecule has 7 heteroatoms. The fourth-order valence-electron chi connectivity index (χ4n) is 3.63.